The first-order valence-corrected chi connectivity index (χ1v) is 13.2. The van der Waals surface area contributed by atoms with Gasteiger partial charge in [0, 0.05) is 0 Å². The molecule has 5 aliphatic rings. The van der Waals surface area contributed by atoms with Gasteiger partial charge in [0.2, 0.25) is 0 Å². The van der Waals surface area contributed by atoms with Gasteiger partial charge in [0.25, 0.3) is 0 Å². The van der Waals surface area contributed by atoms with Crippen molar-refractivity contribution >= 4 is 0 Å². The van der Waals surface area contributed by atoms with E-state index in [1.54, 1.807) is 89.9 Å². The van der Waals surface area contributed by atoms with Crippen molar-refractivity contribution in [2.75, 3.05) is 0 Å². The third-order valence-electron chi connectivity index (χ3n) is 10.5. The second kappa shape index (κ2) is 8.79. The Morgan fingerprint density at radius 1 is 0.519 bits per heavy atom. The molecule has 0 nitrogen and oxygen atoms in total. The van der Waals surface area contributed by atoms with Gasteiger partial charge in [0.15, 0.2) is 0 Å². The normalized spacial score (nSPS) is 45.1. The van der Waals surface area contributed by atoms with Gasteiger partial charge < -0.3 is 0 Å². The maximum absolute atomic E-state index is 2.38. The summed E-state index contributed by atoms with van der Waals surface area (Å²) in [4.78, 5) is 0. The molecular formula is C27H48. The summed E-state index contributed by atoms with van der Waals surface area (Å²) in [5, 5.41) is 0. The lowest BCUT2D eigenvalue weighted by molar-refractivity contribution is -0.0959. The highest BCUT2D eigenvalue weighted by atomic mass is 14.6. The fourth-order valence-corrected chi connectivity index (χ4v) is 8.50. The SMILES string of the molecule is CCCCC1CCC(C23CCC([C@H]4CC[C@H](CCC)CC4)(CC2)CC3)CC1. The molecule has 5 fully saturated rings. The molecule has 0 atom stereocenters. The number of rotatable bonds is 7. The van der Waals surface area contributed by atoms with Crippen molar-refractivity contribution in [3.8, 4) is 0 Å². The van der Waals surface area contributed by atoms with Gasteiger partial charge in [-0.2, -0.15) is 0 Å². The van der Waals surface area contributed by atoms with Crippen LogP contribution in [-0.2, 0) is 0 Å². The van der Waals surface area contributed by atoms with E-state index in [1.165, 1.54) is 32.1 Å². The van der Waals surface area contributed by atoms with Gasteiger partial charge in [-0.1, -0.05) is 71.6 Å². The topological polar surface area (TPSA) is 0 Å². The van der Waals surface area contributed by atoms with E-state index < -0.39 is 0 Å². The zero-order chi connectivity index (χ0) is 18.7. The van der Waals surface area contributed by atoms with Gasteiger partial charge in [-0.05, 0) is 98.7 Å². The Hall–Kier alpha value is 0. The summed E-state index contributed by atoms with van der Waals surface area (Å²) in [5.41, 5.74) is 1.61. The van der Waals surface area contributed by atoms with Crippen molar-refractivity contribution in [2.45, 2.75) is 136 Å². The second-order valence-electron chi connectivity index (χ2n) is 11.6. The van der Waals surface area contributed by atoms with E-state index in [2.05, 4.69) is 13.8 Å². The Bertz CT molecular complexity index is 422. The highest BCUT2D eigenvalue weighted by Gasteiger charge is 2.54. The van der Waals surface area contributed by atoms with Gasteiger partial charge in [0.05, 0.1) is 0 Å². The highest BCUT2D eigenvalue weighted by Crippen LogP contribution is 2.66. The maximum atomic E-state index is 2.38. The van der Waals surface area contributed by atoms with Crippen molar-refractivity contribution < 1.29 is 0 Å². The minimum atomic E-state index is 0.802. The Morgan fingerprint density at radius 2 is 0.926 bits per heavy atom. The van der Waals surface area contributed by atoms with Crippen molar-refractivity contribution in [3.05, 3.63) is 0 Å². The van der Waals surface area contributed by atoms with Crippen molar-refractivity contribution in [2.24, 2.45) is 34.5 Å². The van der Waals surface area contributed by atoms with E-state index in [4.69, 9.17) is 0 Å². The van der Waals surface area contributed by atoms with Crippen LogP contribution < -0.4 is 0 Å². The predicted molar refractivity (Wildman–Crippen MR) is 118 cm³/mol. The molecule has 0 aromatic carbocycles. The molecule has 0 saturated heterocycles. The molecule has 0 aromatic rings. The highest BCUT2D eigenvalue weighted by molar-refractivity contribution is 5.05. The van der Waals surface area contributed by atoms with E-state index >= 15 is 0 Å². The summed E-state index contributed by atoms with van der Waals surface area (Å²) in [6.45, 7) is 4.74. The number of fused-ring (bicyclic) bond motifs is 3. The van der Waals surface area contributed by atoms with E-state index in [9.17, 15) is 0 Å². The quantitative estimate of drug-likeness (QED) is 0.418. The summed E-state index contributed by atoms with van der Waals surface area (Å²) in [7, 11) is 0. The van der Waals surface area contributed by atoms with Crippen LogP contribution in [0.2, 0.25) is 0 Å². The zero-order valence-corrected chi connectivity index (χ0v) is 18.7. The lowest BCUT2D eigenvalue weighted by atomic mass is 9.45. The monoisotopic (exact) mass is 372 g/mol. The summed E-state index contributed by atoms with van der Waals surface area (Å²) in [6, 6.07) is 0. The third-order valence-corrected chi connectivity index (χ3v) is 10.5. The molecule has 5 rings (SSSR count). The van der Waals surface area contributed by atoms with Crippen LogP contribution in [-0.4, -0.2) is 0 Å². The van der Waals surface area contributed by atoms with Crippen LogP contribution in [0.3, 0.4) is 0 Å². The predicted octanol–water partition coefficient (Wildman–Crippen LogP) is 8.93. The van der Waals surface area contributed by atoms with E-state index in [1.807, 2.05) is 0 Å². The molecule has 0 heteroatoms. The first kappa shape index (κ1) is 20.3. The van der Waals surface area contributed by atoms with Gasteiger partial charge in [-0.15, -0.1) is 0 Å². The van der Waals surface area contributed by atoms with Crippen LogP contribution >= 0.6 is 0 Å². The Labute approximate surface area is 170 Å². The van der Waals surface area contributed by atoms with E-state index in [0.717, 1.165) is 34.5 Å². The van der Waals surface area contributed by atoms with Gasteiger partial charge in [-0.25, -0.2) is 0 Å². The molecule has 5 saturated carbocycles. The Morgan fingerprint density at radius 3 is 1.30 bits per heavy atom. The largest absolute Gasteiger partial charge is 0.0654 e. The van der Waals surface area contributed by atoms with Gasteiger partial charge in [-0.3, -0.25) is 0 Å². The maximum Gasteiger partial charge on any atom is -0.0269 e. The molecule has 0 spiro atoms. The molecule has 27 heavy (non-hydrogen) atoms. The fourth-order valence-electron chi connectivity index (χ4n) is 8.50. The summed E-state index contributed by atoms with van der Waals surface area (Å²) in [6.07, 6.45) is 29.6. The van der Waals surface area contributed by atoms with Crippen molar-refractivity contribution in [1.29, 1.82) is 0 Å². The van der Waals surface area contributed by atoms with Crippen LogP contribution in [0.4, 0.5) is 0 Å². The molecule has 0 aliphatic heterocycles. The average Bonchev–Trinajstić information content (AvgIpc) is 2.75. The molecule has 0 aromatic heterocycles. The minimum Gasteiger partial charge on any atom is -0.0654 e. The molecule has 0 heterocycles. The molecular weight excluding hydrogens is 324 g/mol. The number of unbranched alkanes of at least 4 members (excludes halogenated alkanes) is 1. The molecule has 0 amide bonds. The van der Waals surface area contributed by atoms with Gasteiger partial charge >= 0.3 is 0 Å². The molecule has 5 aliphatic carbocycles. The van der Waals surface area contributed by atoms with Crippen LogP contribution in [0, 0.1) is 34.5 Å². The van der Waals surface area contributed by atoms with Crippen LogP contribution in [0.5, 0.6) is 0 Å². The van der Waals surface area contributed by atoms with Crippen LogP contribution in [0.15, 0.2) is 0 Å². The first-order chi connectivity index (χ1) is 13.2. The zero-order valence-electron chi connectivity index (χ0n) is 18.7. The fraction of sp³-hybridized carbons (Fsp3) is 1.00. The number of hydrogen-bond acceptors (Lipinski definition) is 0. The second-order valence-corrected chi connectivity index (χ2v) is 11.6. The third kappa shape index (κ3) is 4.16. The smallest absolute Gasteiger partial charge is 0.0269 e. The lowest BCUT2D eigenvalue weighted by Crippen LogP contribution is -2.49. The van der Waals surface area contributed by atoms with Gasteiger partial charge in [0.1, 0.15) is 0 Å². The first-order valence-electron chi connectivity index (χ1n) is 13.2. The molecule has 0 radical (unpaired) electrons. The van der Waals surface area contributed by atoms with Crippen LogP contribution in [0.1, 0.15) is 136 Å². The van der Waals surface area contributed by atoms with E-state index in [0.29, 0.717) is 0 Å². The average molecular weight is 373 g/mol. The molecule has 0 N–H and O–H groups in total. The van der Waals surface area contributed by atoms with Crippen molar-refractivity contribution in [1.82, 2.24) is 0 Å². The van der Waals surface area contributed by atoms with E-state index in [-0.39, 0.29) is 0 Å². The van der Waals surface area contributed by atoms with Crippen molar-refractivity contribution in [3.63, 3.8) is 0 Å². The standard InChI is InChI=1S/C27H48/c1-3-5-7-23-10-14-25(15-11-23)27-19-16-26(17-20-27,18-21-27)24-12-8-22(6-4-2)9-13-24/h22-25H,3-21H2,1-2H3/t22-,23?,24-,25?,26?,27?. The summed E-state index contributed by atoms with van der Waals surface area (Å²) < 4.78 is 0. The van der Waals surface area contributed by atoms with Crippen LogP contribution in [0.25, 0.3) is 0 Å². The summed E-state index contributed by atoms with van der Waals surface area (Å²) in [5.74, 6) is 4.38. The minimum absolute atomic E-state index is 0.802. The molecule has 2 bridgehead atoms. The summed E-state index contributed by atoms with van der Waals surface area (Å²) >= 11 is 0. The Balaban J connectivity index is 1.28. The lowest BCUT2D eigenvalue weighted by Gasteiger charge is -2.60. The Kier molecular flexibility index (Phi) is 6.60. The number of hydrogen-bond donors (Lipinski definition) is 0. The molecule has 0 unspecified atom stereocenters. The molecule has 156 valence electrons.